The van der Waals surface area contributed by atoms with Gasteiger partial charge in [0.05, 0.1) is 6.07 Å². The Morgan fingerprint density at radius 1 is 1.71 bits per heavy atom. The van der Waals surface area contributed by atoms with Crippen molar-refractivity contribution in [2.45, 2.75) is 26.7 Å². The molecule has 1 heteroatoms. The normalized spacial score (nSPS) is 12.7. The van der Waals surface area contributed by atoms with Crippen LogP contribution in [0.25, 0.3) is 0 Å². The lowest BCUT2D eigenvalue weighted by molar-refractivity contribution is 0.578. The summed E-state index contributed by atoms with van der Waals surface area (Å²) in [6.45, 7) is 4.19. The summed E-state index contributed by atoms with van der Waals surface area (Å²) >= 11 is 0. The summed E-state index contributed by atoms with van der Waals surface area (Å²) < 4.78 is 0. The Morgan fingerprint density at radius 2 is 2.29 bits per heavy atom. The van der Waals surface area contributed by atoms with E-state index in [4.69, 9.17) is 5.26 Å². The maximum Gasteiger partial charge on any atom is 0.0624 e. The lowest BCUT2D eigenvalue weighted by Gasteiger charge is -1.96. The Balaban J connectivity index is 3.03. The number of nitrogens with zero attached hydrogens (tertiary/aromatic N) is 1. The lowest BCUT2D eigenvalue weighted by Crippen LogP contribution is -1.86. The smallest absolute Gasteiger partial charge is 0.0624 e. The summed E-state index contributed by atoms with van der Waals surface area (Å²) in [7, 11) is 0. The van der Waals surface area contributed by atoms with Crippen molar-refractivity contribution in [1.29, 1.82) is 5.26 Å². The minimum atomic E-state index is 0.588. The summed E-state index contributed by atoms with van der Waals surface area (Å²) in [6, 6.07) is 2.12. The van der Waals surface area contributed by atoms with E-state index in [1.807, 2.05) is 0 Å². The van der Waals surface area contributed by atoms with Gasteiger partial charge in [0.25, 0.3) is 0 Å². The van der Waals surface area contributed by atoms with Crippen LogP contribution in [-0.4, -0.2) is 0 Å². The molecule has 0 aliphatic rings. The van der Waals surface area contributed by atoms with Crippen molar-refractivity contribution in [2.24, 2.45) is 5.92 Å². The number of hydrogen-bond acceptors (Lipinski definition) is 1. The molecule has 0 saturated heterocycles. The van der Waals surface area contributed by atoms with Crippen molar-refractivity contribution in [3.05, 3.63) is 0 Å². The Morgan fingerprint density at radius 3 is 2.43 bits per heavy atom. The Labute approximate surface area is 45.0 Å². The molecule has 0 radical (unpaired) electrons. The zero-order valence-corrected chi connectivity index (χ0v) is 4.94. The van der Waals surface area contributed by atoms with Crippen LogP contribution in [0.4, 0.5) is 0 Å². The minimum absolute atomic E-state index is 0.588. The van der Waals surface area contributed by atoms with Gasteiger partial charge in [0.1, 0.15) is 0 Å². The van der Waals surface area contributed by atoms with Gasteiger partial charge in [-0.2, -0.15) is 5.26 Å². The molecule has 7 heavy (non-hydrogen) atoms. The second-order valence-electron chi connectivity index (χ2n) is 1.88. The van der Waals surface area contributed by atoms with Crippen molar-refractivity contribution < 1.29 is 0 Å². The topological polar surface area (TPSA) is 23.8 Å². The first-order valence-corrected chi connectivity index (χ1v) is 2.68. The summed E-state index contributed by atoms with van der Waals surface area (Å²) in [5.41, 5.74) is 0. The third kappa shape index (κ3) is 3.32. The average molecular weight is 97.2 g/mol. The highest BCUT2D eigenvalue weighted by Gasteiger charge is 1.93. The van der Waals surface area contributed by atoms with Gasteiger partial charge in [-0.25, -0.2) is 0 Å². The third-order valence-corrected chi connectivity index (χ3v) is 1.14. The first-order valence-electron chi connectivity index (χ1n) is 2.68. The van der Waals surface area contributed by atoms with E-state index < -0.39 is 0 Å². The fraction of sp³-hybridized carbons (Fsp3) is 0.833. The van der Waals surface area contributed by atoms with Crippen LogP contribution in [0.2, 0.25) is 0 Å². The Hall–Kier alpha value is -0.510. The second-order valence-corrected chi connectivity index (χ2v) is 1.88. The predicted molar refractivity (Wildman–Crippen MR) is 29.7 cm³/mol. The molecule has 0 aromatic rings. The SMILES string of the molecule is CCC(C)CC#N. The molecule has 0 aromatic heterocycles. The molecular weight excluding hydrogens is 86.1 g/mol. The largest absolute Gasteiger partial charge is 0.198 e. The van der Waals surface area contributed by atoms with Crippen molar-refractivity contribution in [3.8, 4) is 6.07 Å². The van der Waals surface area contributed by atoms with Gasteiger partial charge in [0, 0.05) is 6.42 Å². The van der Waals surface area contributed by atoms with E-state index in [9.17, 15) is 0 Å². The van der Waals surface area contributed by atoms with Crippen molar-refractivity contribution in [2.75, 3.05) is 0 Å². The maximum absolute atomic E-state index is 8.12. The van der Waals surface area contributed by atoms with E-state index in [0.29, 0.717) is 12.3 Å². The van der Waals surface area contributed by atoms with Crippen molar-refractivity contribution in [1.82, 2.24) is 0 Å². The lowest BCUT2D eigenvalue weighted by atomic mass is 10.1. The molecule has 0 amide bonds. The zero-order valence-electron chi connectivity index (χ0n) is 4.94. The van der Waals surface area contributed by atoms with E-state index in [1.54, 1.807) is 0 Å². The summed E-state index contributed by atoms with van der Waals surface area (Å²) in [5, 5.41) is 8.12. The molecule has 0 aromatic carbocycles. The van der Waals surface area contributed by atoms with Gasteiger partial charge >= 0.3 is 0 Å². The molecule has 1 nitrogen and oxygen atoms in total. The van der Waals surface area contributed by atoms with Crippen LogP contribution in [0.1, 0.15) is 26.7 Å². The van der Waals surface area contributed by atoms with Crippen LogP contribution >= 0.6 is 0 Å². The average Bonchev–Trinajstić information content (AvgIpc) is 1.68. The molecular formula is C6H11N. The van der Waals surface area contributed by atoms with E-state index in [1.165, 1.54) is 0 Å². The molecule has 0 aliphatic heterocycles. The number of nitriles is 1. The first kappa shape index (κ1) is 6.49. The van der Waals surface area contributed by atoms with Gasteiger partial charge in [0.2, 0.25) is 0 Å². The highest BCUT2D eigenvalue weighted by molar-refractivity contribution is 4.71. The van der Waals surface area contributed by atoms with Crippen LogP contribution in [-0.2, 0) is 0 Å². The quantitative estimate of drug-likeness (QED) is 0.516. The number of rotatable bonds is 2. The van der Waals surface area contributed by atoms with Gasteiger partial charge in [-0.3, -0.25) is 0 Å². The van der Waals surface area contributed by atoms with Crippen LogP contribution < -0.4 is 0 Å². The highest BCUT2D eigenvalue weighted by Crippen LogP contribution is 2.03. The van der Waals surface area contributed by atoms with Crippen LogP contribution in [0.5, 0.6) is 0 Å². The van der Waals surface area contributed by atoms with E-state index in [2.05, 4.69) is 19.9 Å². The van der Waals surface area contributed by atoms with E-state index >= 15 is 0 Å². The molecule has 0 spiro atoms. The van der Waals surface area contributed by atoms with Gasteiger partial charge in [-0.1, -0.05) is 20.3 Å². The maximum atomic E-state index is 8.12. The van der Waals surface area contributed by atoms with Gasteiger partial charge < -0.3 is 0 Å². The molecule has 1 atom stereocenters. The fourth-order valence-corrected chi connectivity index (χ4v) is 0.300. The van der Waals surface area contributed by atoms with Gasteiger partial charge in [0.15, 0.2) is 0 Å². The van der Waals surface area contributed by atoms with Crippen LogP contribution in [0, 0.1) is 17.2 Å². The van der Waals surface area contributed by atoms with Gasteiger partial charge in [-0.05, 0) is 5.92 Å². The standard InChI is InChI=1S/C6H11N/c1-3-6(2)4-5-7/h6H,3-4H2,1-2H3. The summed E-state index contributed by atoms with van der Waals surface area (Å²) in [4.78, 5) is 0. The molecule has 0 N–H and O–H groups in total. The molecule has 0 saturated carbocycles. The third-order valence-electron chi connectivity index (χ3n) is 1.14. The second kappa shape index (κ2) is 3.67. The summed E-state index contributed by atoms with van der Waals surface area (Å²) in [5.74, 6) is 0.588. The molecule has 40 valence electrons. The van der Waals surface area contributed by atoms with Gasteiger partial charge in [-0.15, -0.1) is 0 Å². The Bertz CT molecular complexity index is 70.7. The molecule has 0 heterocycles. The Kier molecular flexibility index (Phi) is 3.40. The van der Waals surface area contributed by atoms with Crippen molar-refractivity contribution in [3.63, 3.8) is 0 Å². The van der Waals surface area contributed by atoms with Crippen LogP contribution in [0.15, 0.2) is 0 Å². The molecule has 1 unspecified atom stereocenters. The van der Waals surface area contributed by atoms with E-state index in [0.717, 1.165) is 6.42 Å². The molecule has 0 bridgehead atoms. The first-order chi connectivity index (χ1) is 3.31. The molecule has 0 rings (SSSR count). The summed E-state index contributed by atoms with van der Waals surface area (Å²) in [6.07, 6.45) is 1.82. The highest BCUT2D eigenvalue weighted by atomic mass is 14.2. The fourth-order valence-electron chi connectivity index (χ4n) is 0.300. The number of hydrogen-bond donors (Lipinski definition) is 0. The minimum Gasteiger partial charge on any atom is -0.198 e. The molecule has 0 aliphatic carbocycles. The van der Waals surface area contributed by atoms with Crippen molar-refractivity contribution >= 4 is 0 Å². The monoisotopic (exact) mass is 97.1 g/mol. The zero-order chi connectivity index (χ0) is 5.70. The predicted octanol–water partition coefficient (Wildman–Crippen LogP) is 1.95. The van der Waals surface area contributed by atoms with Crippen LogP contribution in [0.3, 0.4) is 0 Å². The van der Waals surface area contributed by atoms with E-state index in [-0.39, 0.29) is 0 Å². The molecule has 0 fully saturated rings.